The monoisotopic (exact) mass is 263 g/mol. The van der Waals surface area contributed by atoms with E-state index in [1.807, 2.05) is 0 Å². The average Bonchev–Trinajstić information content (AvgIpc) is 2.28. The fourth-order valence-electron chi connectivity index (χ4n) is 3.51. The summed E-state index contributed by atoms with van der Waals surface area (Å²) in [6, 6.07) is 0.861. The number of nitrogens with one attached hydrogen (secondary N) is 1. The molecule has 2 fully saturated rings. The molecule has 1 N–H and O–H groups in total. The summed E-state index contributed by atoms with van der Waals surface area (Å²) >= 11 is 0. The van der Waals surface area contributed by atoms with Crippen molar-refractivity contribution >= 4 is 0 Å². The van der Waals surface area contributed by atoms with Crippen molar-refractivity contribution in [3.05, 3.63) is 0 Å². The van der Waals surface area contributed by atoms with Crippen LogP contribution in [-0.4, -0.2) is 18.3 Å². The van der Waals surface area contributed by atoms with Crippen LogP contribution in [0.4, 0.5) is 13.2 Å². The van der Waals surface area contributed by atoms with E-state index >= 15 is 0 Å². The van der Waals surface area contributed by atoms with E-state index in [0.29, 0.717) is 37.8 Å². The number of hydrogen-bond donors (Lipinski definition) is 1. The van der Waals surface area contributed by atoms with Gasteiger partial charge in [0.25, 0.3) is 0 Å². The molecule has 0 heterocycles. The van der Waals surface area contributed by atoms with Crippen molar-refractivity contribution in [1.82, 2.24) is 5.32 Å². The van der Waals surface area contributed by atoms with Crippen LogP contribution < -0.4 is 5.32 Å². The van der Waals surface area contributed by atoms with E-state index < -0.39 is 12.1 Å². The normalized spacial score (nSPS) is 38.7. The van der Waals surface area contributed by atoms with E-state index in [4.69, 9.17) is 0 Å². The van der Waals surface area contributed by atoms with Gasteiger partial charge in [-0.3, -0.25) is 0 Å². The van der Waals surface area contributed by atoms with E-state index in [0.717, 1.165) is 5.92 Å². The Balaban J connectivity index is 1.73. The molecule has 0 radical (unpaired) electrons. The lowest BCUT2D eigenvalue weighted by Crippen LogP contribution is -2.43. The fourth-order valence-corrected chi connectivity index (χ4v) is 3.51. The quantitative estimate of drug-likeness (QED) is 0.784. The standard InChI is InChI=1S/C14H24F3N/c1-10-3-2-4-13(9-10)18-12-7-5-11(6-8-12)14(15,16)17/h10-13,18H,2-9H2,1H3. The van der Waals surface area contributed by atoms with Crippen LogP contribution in [0.15, 0.2) is 0 Å². The Morgan fingerprint density at radius 2 is 1.56 bits per heavy atom. The Labute approximate surface area is 108 Å². The van der Waals surface area contributed by atoms with Crippen LogP contribution in [-0.2, 0) is 0 Å². The lowest BCUT2D eigenvalue weighted by molar-refractivity contribution is -0.182. The molecule has 18 heavy (non-hydrogen) atoms. The van der Waals surface area contributed by atoms with Crippen molar-refractivity contribution in [3.63, 3.8) is 0 Å². The second-order valence-corrected chi connectivity index (χ2v) is 6.23. The molecule has 2 aliphatic rings. The van der Waals surface area contributed by atoms with E-state index in [2.05, 4.69) is 12.2 Å². The van der Waals surface area contributed by atoms with Crippen LogP contribution >= 0.6 is 0 Å². The molecule has 0 bridgehead atoms. The minimum absolute atomic E-state index is 0.309. The van der Waals surface area contributed by atoms with Crippen molar-refractivity contribution in [2.45, 2.75) is 76.6 Å². The molecule has 1 nitrogen and oxygen atoms in total. The van der Waals surface area contributed by atoms with Crippen molar-refractivity contribution < 1.29 is 13.2 Å². The first-order chi connectivity index (χ1) is 8.45. The maximum absolute atomic E-state index is 12.6. The van der Waals surface area contributed by atoms with Gasteiger partial charge < -0.3 is 5.32 Å². The Kier molecular flexibility index (Phi) is 4.57. The zero-order chi connectivity index (χ0) is 13.2. The highest BCUT2D eigenvalue weighted by molar-refractivity contribution is 4.85. The molecule has 0 aromatic heterocycles. The zero-order valence-corrected chi connectivity index (χ0v) is 11.1. The molecule has 0 aromatic rings. The molecule has 0 aromatic carbocycles. The molecule has 0 amide bonds. The summed E-state index contributed by atoms with van der Waals surface area (Å²) < 4.78 is 37.7. The molecule has 0 spiro atoms. The first-order valence-electron chi connectivity index (χ1n) is 7.28. The van der Waals surface area contributed by atoms with E-state index in [-0.39, 0.29) is 0 Å². The van der Waals surface area contributed by atoms with Gasteiger partial charge in [0, 0.05) is 12.1 Å². The van der Waals surface area contributed by atoms with Gasteiger partial charge in [-0.2, -0.15) is 13.2 Å². The molecule has 2 atom stereocenters. The summed E-state index contributed by atoms with van der Waals surface area (Å²) in [5.41, 5.74) is 0. The predicted molar refractivity (Wildman–Crippen MR) is 66.4 cm³/mol. The van der Waals surface area contributed by atoms with Gasteiger partial charge in [-0.1, -0.05) is 19.8 Å². The van der Waals surface area contributed by atoms with Gasteiger partial charge in [-0.25, -0.2) is 0 Å². The molecule has 2 unspecified atom stereocenters. The Bertz CT molecular complexity index is 256. The first-order valence-corrected chi connectivity index (χ1v) is 7.28. The van der Waals surface area contributed by atoms with Gasteiger partial charge in [-0.15, -0.1) is 0 Å². The maximum Gasteiger partial charge on any atom is 0.391 e. The molecule has 2 saturated carbocycles. The zero-order valence-electron chi connectivity index (χ0n) is 11.1. The third kappa shape index (κ3) is 3.87. The average molecular weight is 263 g/mol. The van der Waals surface area contributed by atoms with Crippen molar-refractivity contribution in [3.8, 4) is 0 Å². The minimum atomic E-state index is -3.98. The van der Waals surface area contributed by atoms with Crippen LogP contribution in [0.5, 0.6) is 0 Å². The number of halogens is 3. The number of rotatable bonds is 2. The summed E-state index contributed by atoms with van der Waals surface area (Å²) in [5.74, 6) is -0.288. The van der Waals surface area contributed by atoms with E-state index in [9.17, 15) is 13.2 Å². The molecule has 0 saturated heterocycles. The molecule has 4 heteroatoms. The van der Waals surface area contributed by atoms with E-state index in [1.54, 1.807) is 0 Å². The largest absolute Gasteiger partial charge is 0.391 e. The van der Waals surface area contributed by atoms with Crippen LogP contribution in [0.2, 0.25) is 0 Å². The topological polar surface area (TPSA) is 12.0 Å². The highest BCUT2D eigenvalue weighted by atomic mass is 19.4. The van der Waals surface area contributed by atoms with Crippen molar-refractivity contribution in [2.24, 2.45) is 11.8 Å². The molecule has 106 valence electrons. The summed E-state index contributed by atoms with van der Waals surface area (Å²) in [7, 11) is 0. The Morgan fingerprint density at radius 1 is 0.889 bits per heavy atom. The summed E-state index contributed by atoms with van der Waals surface area (Å²) in [5, 5.41) is 3.59. The lowest BCUT2D eigenvalue weighted by atomic mass is 9.83. The summed E-state index contributed by atoms with van der Waals surface area (Å²) in [6.07, 6.45) is 2.97. The van der Waals surface area contributed by atoms with E-state index in [1.165, 1.54) is 25.7 Å². The highest BCUT2D eigenvalue weighted by Crippen LogP contribution is 2.38. The molecule has 2 aliphatic carbocycles. The first kappa shape index (κ1) is 14.2. The van der Waals surface area contributed by atoms with Gasteiger partial charge in [0.1, 0.15) is 0 Å². The van der Waals surface area contributed by atoms with Crippen molar-refractivity contribution in [1.29, 1.82) is 0 Å². The van der Waals surface area contributed by atoms with Gasteiger partial charge in [-0.05, 0) is 44.4 Å². The number of hydrogen-bond acceptors (Lipinski definition) is 1. The molecular weight excluding hydrogens is 239 g/mol. The number of alkyl halides is 3. The molecular formula is C14H24F3N. The minimum Gasteiger partial charge on any atom is -0.311 e. The SMILES string of the molecule is CC1CCCC(NC2CCC(C(F)(F)F)CC2)C1. The highest BCUT2D eigenvalue weighted by Gasteiger charge is 2.41. The molecule has 2 rings (SSSR count). The van der Waals surface area contributed by atoms with Crippen LogP contribution in [0.3, 0.4) is 0 Å². The van der Waals surface area contributed by atoms with Gasteiger partial charge >= 0.3 is 6.18 Å². The van der Waals surface area contributed by atoms with Gasteiger partial charge in [0.2, 0.25) is 0 Å². The Morgan fingerprint density at radius 3 is 2.11 bits per heavy atom. The van der Waals surface area contributed by atoms with Crippen LogP contribution in [0.1, 0.15) is 58.3 Å². The predicted octanol–water partition coefficient (Wildman–Crippen LogP) is 4.28. The van der Waals surface area contributed by atoms with Crippen LogP contribution in [0.25, 0.3) is 0 Å². The summed E-state index contributed by atoms with van der Waals surface area (Å²) in [6.45, 7) is 2.27. The Hall–Kier alpha value is -0.250. The van der Waals surface area contributed by atoms with Gasteiger partial charge in [0.05, 0.1) is 5.92 Å². The second kappa shape index (κ2) is 5.81. The van der Waals surface area contributed by atoms with Gasteiger partial charge in [0.15, 0.2) is 0 Å². The van der Waals surface area contributed by atoms with Crippen LogP contribution in [0, 0.1) is 11.8 Å². The maximum atomic E-state index is 12.6. The lowest BCUT2D eigenvalue weighted by Gasteiger charge is -2.35. The van der Waals surface area contributed by atoms with Crippen molar-refractivity contribution in [2.75, 3.05) is 0 Å². The smallest absolute Gasteiger partial charge is 0.311 e. The summed E-state index contributed by atoms with van der Waals surface area (Å²) in [4.78, 5) is 0. The second-order valence-electron chi connectivity index (χ2n) is 6.23. The third-order valence-corrected chi connectivity index (χ3v) is 4.60. The third-order valence-electron chi connectivity index (χ3n) is 4.60. The fraction of sp³-hybridized carbons (Fsp3) is 1.00. The molecule has 0 aliphatic heterocycles.